The van der Waals surface area contributed by atoms with Crippen LogP contribution in [0, 0.1) is 0 Å². The third-order valence-electron chi connectivity index (χ3n) is 4.22. The maximum absolute atomic E-state index is 12.4. The van der Waals surface area contributed by atoms with Crippen LogP contribution in [-0.4, -0.2) is 31.4 Å². The lowest BCUT2D eigenvalue weighted by Gasteiger charge is -2.08. The Hall–Kier alpha value is -3.93. The summed E-state index contributed by atoms with van der Waals surface area (Å²) in [6.07, 6.45) is 1.53. The number of methoxy groups -OCH3 is 1. The Balaban J connectivity index is 1.59. The van der Waals surface area contributed by atoms with E-state index in [4.69, 9.17) is 14.2 Å². The van der Waals surface area contributed by atoms with Crippen LogP contribution in [0.5, 0.6) is 11.5 Å². The van der Waals surface area contributed by atoms with E-state index in [0.29, 0.717) is 22.6 Å². The number of benzene rings is 3. The molecule has 3 aromatic rings. The van der Waals surface area contributed by atoms with E-state index < -0.39 is 11.9 Å². The second-order valence-corrected chi connectivity index (χ2v) is 6.95. The average Bonchev–Trinajstić information content (AvgIpc) is 2.78. The van der Waals surface area contributed by atoms with Crippen LogP contribution >= 0.6 is 0 Å². The summed E-state index contributed by atoms with van der Waals surface area (Å²) in [5, 5.41) is 0. The molecule has 0 saturated heterocycles. The molecule has 0 spiro atoms. The largest absolute Gasteiger partial charge is 0.497 e. The number of hydrogen-bond donors (Lipinski definition) is 0. The molecule has 0 aliphatic heterocycles. The van der Waals surface area contributed by atoms with Crippen LogP contribution in [0.15, 0.2) is 77.8 Å². The van der Waals surface area contributed by atoms with Crippen LogP contribution < -0.4 is 9.47 Å². The number of nitrogens with zero attached hydrogens (tertiary/aromatic N) is 1. The molecule has 0 amide bonds. The Morgan fingerprint density at radius 3 is 1.90 bits per heavy atom. The second kappa shape index (κ2) is 10.2. The molecule has 0 aromatic heterocycles. The van der Waals surface area contributed by atoms with Crippen LogP contribution in [-0.2, 0) is 4.74 Å². The molecule has 0 bridgehead atoms. The van der Waals surface area contributed by atoms with Crippen molar-refractivity contribution in [3.05, 3.63) is 89.5 Å². The minimum atomic E-state index is -0.497. The number of ether oxygens (including phenoxy) is 3. The molecule has 158 valence electrons. The summed E-state index contributed by atoms with van der Waals surface area (Å²) in [6, 6.07) is 20.5. The fourth-order valence-corrected chi connectivity index (χ4v) is 2.63. The first-order valence-electron chi connectivity index (χ1n) is 9.76. The van der Waals surface area contributed by atoms with E-state index in [-0.39, 0.29) is 6.10 Å². The highest BCUT2D eigenvalue weighted by atomic mass is 16.5. The van der Waals surface area contributed by atoms with Gasteiger partial charge < -0.3 is 14.2 Å². The fraction of sp³-hybridized carbons (Fsp3) is 0.160. The normalized spacial score (nSPS) is 10.8. The van der Waals surface area contributed by atoms with Gasteiger partial charge in [-0.15, -0.1) is 0 Å². The van der Waals surface area contributed by atoms with Crippen LogP contribution in [0.25, 0.3) is 0 Å². The standard InChI is InChI=1S/C25H23NO5/c1-17(2)30-24(27)20-8-14-23(15-9-20)31-25(28)19-6-10-21(11-7-19)26-16-18-4-12-22(29-3)13-5-18/h4-17H,1-3H3. The summed E-state index contributed by atoms with van der Waals surface area (Å²) < 4.78 is 15.6. The van der Waals surface area contributed by atoms with Gasteiger partial charge in [0.2, 0.25) is 0 Å². The van der Waals surface area contributed by atoms with Crippen LogP contribution in [0.4, 0.5) is 5.69 Å². The molecule has 0 heterocycles. The summed E-state index contributed by atoms with van der Waals surface area (Å²) in [5.41, 5.74) is 2.43. The van der Waals surface area contributed by atoms with E-state index in [1.165, 1.54) is 0 Å². The quantitative estimate of drug-likeness (QED) is 0.299. The molecule has 3 rings (SSSR count). The van der Waals surface area contributed by atoms with E-state index >= 15 is 0 Å². The molecule has 6 heteroatoms. The molecule has 0 fully saturated rings. The van der Waals surface area contributed by atoms with Crippen LogP contribution in [0.2, 0.25) is 0 Å². The molecule has 0 aliphatic rings. The maximum atomic E-state index is 12.4. The van der Waals surface area contributed by atoms with Gasteiger partial charge in [-0.3, -0.25) is 4.99 Å². The zero-order chi connectivity index (χ0) is 22.2. The molecular formula is C25H23NO5. The monoisotopic (exact) mass is 417 g/mol. The molecule has 3 aromatic carbocycles. The Morgan fingerprint density at radius 1 is 0.774 bits per heavy atom. The summed E-state index contributed by atoms with van der Waals surface area (Å²) >= 11 is 0. The minimum absolute atomic E-state index is 0.200. The average molecular weight is 417 g/mol. The number of esters is 2. The van der Waals surface area contributed by atoms with Crippen LogP contribution in [0.3, 0.4) is 0 Å². The molecule has 0 saturated carbocycles. The number of carbonyl (C=O) groups excluding carboxylic acids is 2. The number of carbonyl (C=O) groups is 2. The number of aliphatic imine (C=N–C) groups is 1. The molecule has 0 unspecified atom stereocenters. The van der Waals surface area contributed by atoms with Gasteiger partial charge in [-0.05, 0) is 92.2 Å². The number of hydrogen-bond acceptors (Lipinski definition) is 6. The molecule has 0 radical (unpaired) electrons. The van der Waals surface area contributed by atoms with Gasteiger partial charge in [0.25, 0.3) is 0 Å². The highest BCUT2D eigenvalue weighted by Gasteiger charge is 2.11. The molecule has 0 N–H and O–H groups in total. The predicted octanol–water partition coefficient (Wildman–Crippen LogP) is 5.23. The SMILES string of the molecule is COc1ccc(C=Nc2ccc(C(=O)Oc3ccc(C(=O)OC(C)C)cc3)cc2)cc1. The van der Waals surface area contributed by atoms with E-state index in [2.05, 4.69) is 4.99 Å². The van der Waals surface area contributed by atoms with Gasteiger partial charge in [0.05, 0.1) is 30.0 Å². The fourth-order valence-electron chi connectivity index (χ4n) is 2.63. The van der Waals surface area contributed by atoms with E-state index in [1.807, 2.05) is 24.3 Å². The Kier molecular flexibility index (Phi) is 7.17. The van der Waals surface area contributed by atoms with Crippen LogP contribution in [0.1, 0.15) is 40.1 Å². The maximum Gasteiger partial charge on any atom is 0.343 e. The zero-order valence-electron chi connectivity index (χ0n) is 17.6. The van der Waals surface area contributed by atoms with Crippen molar-refractivity contribution in [3.8, 4) is 11.5 Å². The van der Waals surface area contributed by atoms with Gasteiger partial charge >= 0.3 is 11.9 Å². The lowest BCUT2D eigenvalue weighted by Crippen LogP contribution is -2.12. The first kappa shape index (κ1) is 21.8. The molecule has 6 nitrogen and oxygen atoms in total. The smallest absolute Gasteiger partial charge is 0.343 e. The topological polar surface area (TPSA) is 74.2 Å². The first-order valence-corrected chi connectivity index (χ1v) is 9.76. The molecule has 0 aliphatic carbocycles. The third kappa shape index (κ3) is 6.27. The van der Waals surface area contributed by atoms with Crippen molar-refractivity contribution < 1.29 is 23.8 Å². The molecule has 0 atom stereocenters. The van der Waals surface area contributed by atoms with E-state index in [0.717, 1.165) is 11.3 Å². The van der Waals surface area contributed by atoms with Gasteiger partial charge in [0, 0.05) is 6.21 Å². The van der Waals surface area contributed by atoms with Crippen molar-refractivity contribution in [1.29, 1.82) is 0 Å². The first-order chi connectivity index (χ1) is 14.9. The van der Waals surface area contributed by atoms with E-state index in [1.54, 1.807) is 75.7 Å². The van der Waals surface area contributed by atoms with Crippen molar-refractivity contribution in [3.63, 3.8) is 0 Å². The molecule has 31 heavy (non-hydrogen) atoms. The van der Waals surface area contributed by atoms with Gasteiger partial charge in [-0.1, -0.05) is 0 Å². The molecular weight excluding hydrogens is 394 g/mol. The second-order valence-electron chi connectivity index (χ2n) is 6.95. The minimum Gasteiger partial charge on any atom is -0.497 e. The van der Waals surface area contributed by atoms with Gasteiger partial charge in [0.15, 0.2) is 0 Å². The van der Waals surface area contributed by atoms with Crippen molar-refractivity contribution in [1.82, 2.24) is 0 Å². The van der Waals surface area contributed by atoms with Gasteiger partial charge in [-0.2, -0.15) is 0 Å². The van der Waals surface area contributed by atoms with E-state index in [9.17, 15) is 9.59 Å². The summed E-state index contributed by atoms with van der Waals surface area (Å²) in [6.45, 7) is 3.56. The van der Waals surface area contributed by atoms with Crippen molar-refractivity contribution in [2.45, 2.75) is 20.0 Å². The summed E-state index contributed by atoms with van der Waals surface area (Å²) in [5.74, 6) is 0.208. The van der Waals surface area contributed by atoms with Crippen molar-refractivity contribution in [2.75, 3.05) is 7.11 Å². The Labute approximate surface area is 181 Å². The Bertz CT molecular complexity index is 1050. The Morgan fingerprint density at radius 2 is 1.32 bits per heavy atom. The highest BCUT2D eigenvalue weighted by Crippen LogP contribution is 2.18. The lowest BCUT2D eigenvalue weighted by atomic mass is 10.2. The van der Waals surface area contributed by atoms with Gasteiger partial charge in [-0.25, -0.2) is 9.59 Å². The summed E-state index contributed by atoms with van der Waals surface area (Å²) in [7, 11) is 1.62. The predicted molar refractivity (Wildman–Crippen MR) is 119 cm³/mol. The van der Waals surface area contributed by atoms with Crippen molar-refractivity contribution >= 4 is 23.8 Å². The third-order valence-corrected chi connectivity index (χ3v) is 4.22. The zero-order valence-corrected chi connectivity index (χ0v) is 17.6. The van der Waals surface area contributed by atoms with Crippen molar-refractivity contribution in [2.24, 2.45) is 4.99 Å². The highest BCUT2D eigenvalue weighted by molar-refractivity contribution is 5.92. The lowest BCUT2D eigenvalue weighted by molar-refractivity contribution is 0.0378. The summed E-state index contributed by atoms with van der Waals surface area (Å²) in [4.78, 5) is 28.6. The number of rotatable bonds is 7. The van der Waals surface area contributed by atoms with Gasteiger partial charge in [0.1, 0.15) is 11.5 Å².